The number of para-hydroxylation sites is 1. The Kier molecular flexibility index (Phi) is 8.27. The van der Waals surface area contributed by atoms with E-state index in [4.69, 9.17) is 4.74 Å². The second-order valence-electron chi connectivity index (χ2n) is 5.98. The number of amides is 1. The van der Waals surface area contributed by atoms with Gasteiger partial charge >= 0.3 is 0 Å². The second kappa shape index (κ2) is 10.2. The van der Waals surface area contributed by atoms with Crippen LogP contribution in [0.25, 0.3) is 9.88 Å². The number of nitrogens with zero attached hydrogens (tertiary/aromatic N) is 2. The molecule has 0 spiro atoms. The van der Waals surface area contributed by atoms with E-state index in [1.54, 1.807) is 18.4 Å². The van der Waals surface area contributed by atoms with Gasteiger partial charge in [-0.3, -0.25) is 4.79 Å². The van der Waals surface area contributed by atoms with E-state index in [-0.39, 0.29) is 36.8 Å². The molecule has 1 amide bonds. The van der Waals surface area contributed by atoms with Gasteiger partial charge in [0.1, 0.15) is 16.5 Å². The zero-order valence-electron chi connectivity index (χ0n) is 15.2. The van der Waals surface area contributed by atoms with Gasteiger partial charge in [-0.05, 0) is 17.5 Å². The Balaban J connectivity index is 0.00000140. The first kappa shape index (κ1) is 22.6. The van der Waals surface area contributed by atoms with Crippen molar-refractivity contribution in [1.82, 2.24) is 15.2 Å². The fraction of sp³-hybridized carbons (Fsp3) is 0.263. The Hall–Kier alpha value is -1.64. The first-order chi connectivity index (χ1) is 12.8. The molecular formula is C19H21Cl2N3O2S2. The van der Waals surface area contributed by atoms with Crippen LogP contribution in [0.4, 0.5) is 0 Å². The van der Waals surface area contributed by atoms with Crippen molar-refractivity contribution in [2.45, 2.75) is 6.04 Å². The highest BCUT2D eigenvalue weighted by atomic mass is 35.5. The molecule has 0 radical (unpaired) electrons. The van der Waals surface area contributed by atoms with Gasteiger partial charge in [0.25, 0.3) is 5.91 Å². The van der Waals surface area contributed by atoms with Gasteiger partial charge in [-0.2, -0.15) is 0 Å². The van der Waals surface area contributed by atoms with Crippen molar-refractivity contribution in [3.8, 4) is 15.6 Å². The Morgan fingerprint density at radius 2 is 2.04 bits per heavy atom. The van der Waals surface area contributed by atoms with E-state index >= 15 is 0 Å². The lowest BCUT2D eigenvalue weighted by atomic mass is 10.0. The van der Waals surface area contributed by atoms with Crippen LogP contribution >= 0.6 is 47.5 Å². The molecule has 5 nitrogen and oxygen atoms in total. The van der Waals surface area contributed by atoms with Gasteiger partial charge in [0.2, 0.25) is 0 Å². The SMILES string of the molecule is COc1ccccc1C1CNCCN1C(=O)c1csc(-c2cccs2)n1.Cl.Cl. The molecule has 1 N–H and O–H groups in total. The molecule has 9 heteroatoms. The average Bonchev–Trinajstić information content (AvgIpc) is 3.39. The summed E-state index contributed by atoms with van der Waals surface area (Å²) >= 11 is 3.15. The van der Waals surface area contributed by atoms with Crippen molar-refractivity contribution < 1.29 is 9.53 Å². The summed E-state index contributed by atoms with van der Waals surface area (Å²) in [5, 5.41) is 8.16. The van der Waals surface area contributed by atoms with E-state index in [2.05, 4.69) is 10.3 Å². The number of carbonyl (C=O) groups excluding carboxylic acids is 1. The molecule has 1 aromatic carbocycles. The molecule has 0 saturated carbocycles. The van der Waals surface area contributed by atoms with E-state index in [0.717, 1.165) is 27.7 Å². The Morgan fingerprint density at radius 1 is 1.21 bits per heavy atom. The van der Waals surface area contributed by atoms with Gasteiger partial charge in [-0.1, -0.05) is 24.3 Å². The number of piperazine rings is 1. The average molecular weight is 458 g/mol. The highest BCUT2D eigenvalue weighted by Crippen LogP contribution is 2.32. The lowest BCUT2D eigenvalue weighted by Gasteiger charge is -2.36. The number of nitrogens with one attached hydrogen (secondary N) is 1. The molecule has 1 unspecified atom stereocenters. The molecule has 150 valence electrons. The van der Waals surface area contributed by atoms with Gasteiger partial charge in [-0.25, -0.2) is 4.98 Å². The van der Waals surface area contributed by atoms with Gasteiger partial charge < -0.3 is 15.0 Å². The summed E-state index contributed by atoms with van der Waals surface area (Å²) in [5.41, 5.74) is 1.53. The third kappa shape index (κ3) is 4.50. The van der Waals surface area contributed by atoms with Gasteiger partial charge in [0, 0.05) is 30.6 Å². The molecular weight excluding hydrogens is 437 g/mol. The minimum atomic E-state index is -0.0701. The van der Waals surface area contributed by atoms with E-state index in [9.17, 15) is 4.79 Å². The maximum absolute atomic E-state index is 13.2. The fourth-order valence-electron chi connectivity index (χ4n) is 3.20. The van der Waals surface area contributed by atoms with Gasteiger partial charge in [-0.15, -0.1) is 47.5 Å². The van der Waals surface area contributed by atoms with Crippen LogP contribution in [0.2, 0.25) is 0 Å². The number of methoxy groups -OCH3 is 1. The number of thiophene rings is 1. The summed E-state index contributed by atoms with van der Waals surface area (Å²) in [7, 11) is 1.66. The second-order valence-corrected chi connectivity index (χ2v) is 7.78. The van der Waals surface area contributed by atoms with Crippen molar-refractivity contribution in [1.29, 1.82) is 0 Å². The molecule has 3 aromatic rings. The van der Waals surface area contributed by atoms with Crippen LogP contribution in [0, 0.1) is 0 Å². The molecule has 28 heavy (non-hydrogen) atoms. The monoisotopic (exact) mass is 457 g/mol. The maximum atomic E-state index is 13.2. The standard InChI is InChI=1S/C19H19N3O2S2.2ClH/c1-24-16-6-3-2-5-13(16)15-11-20-8-9-22(15)19(23)14-12-26-18(21-14)17-7-4-10-25-17;;/h2-7,10,12,15,20H,8-9,11H2,1H3;2*1H. The Morgan fingerprint density at radius 3 is 2.79 bits per heavy atom. The fourth-order valence-corrected chi connectivity index (χ4v) is 4.81. The number of carbonyl (C=O) groups is 1. The first-order valence-electron chi connectivity index (χ1n) is 8.42. The largest absolute Gasteiger partial charge is 0.496 e. The molecule has 1 saturated heterocycles. The zero-order chi connectivity index (χ0) is 17.9. The Bertz CT molecular complexity index is 902. The molecule has 4 rings (SSSR count). The number of aromatic nitrogens is 1. The predicted molar refractivity (Wildman–Crippen MR) is 120 cm³/mol. The van der Waals surface area contributed by atoms with E-state index in [1.807, 2.05) is 52.1 Å². The number of hydrogen-bond donors (Lipinski definition) is 1. The van der Waals surface area contributed by atoms with E-state index in [0.29, 0.717) is 18.8 Å². The van der Waals surface area contributed by atoms with Crippen LogP contribution in [-0.2, 0) is 0 Å². The smallest absolute Gasteiger partial charge is 0.273 e. The normalized spacial score (nSPS) is 16.0. The topological polar surface area (TPSA) is 54.5 Å². The Labute approximate surface area is 184 Å². The number of ether oxygens (including phenoxy) is 1. The number of thiazole rings is 1. The molecule has 1 aliphatic heterocycles. The summed E-state index contributed by atoms with van der Waals surface area (Å²) in [6, 6.07) is 11.8. The molecule has 0 bridgehead atoms. The van der Waals surface area contributed by atoms with Crippen molar-refractivity contribution in [2.24, 2.45) is 0 Å². The molecule has 1 atom stereocenters. The van der Waals surface area contributed by atoms with Crippen LogP contribution in [0.3, 0.4) is 0 Å². The number of rotatable bonds is 4. The maximum Gasteiger partial charge on any atom is 0.273 e. The number of hydrogen-bond acceptors (Lipinski definition) is 6. The quantitative estimate of drug-likeness (QED) is 0.625. The van der Waals surface area contributed by atoms with Crippen LogP contribution in [0.1, 0.15) is 22.1 Å². The predicted octanol–water partition coefficient (Wildman–Crippen LogP) is 4.51. The third-order valence-electron chi connectivity index (χ3n) is 4.46. The molecule has 0 aliphatic carbocycles. The van der Waals surface area contributed by atoms with Crippen molar-refractivity contribution >= 4 is 53.4 Å². The van der Waals surface area contributed by atoms with Crippen LogP contribution < -0.4 is 10.1 Å². The van der Waals surface area contributed by atoms with Crippen LogP contribution in [-0.4, -0.2) is 42.5 Å². The minimum Gasteiger partial charge on any atom is -0.496 e. The van der Waals surface area contributed by atoms with Gasteiger partial charge in [0.05, 0.1) is 18.0 Å². The molecule has 1 aliphatic rings. The summed E-state index contributed by atoms with van der Waals surface area (Å²) in [5.74, 6) is 0.776. The van der Waals surface area contributed by atoms with Crippen molar-refractivity contribution in [2.75, 3.05) is 26.7 Å². The van der Waals surface area contributed by atoms with E-state index < -0.39 is 0 Å². The zero-order valence-corrected chi connectivity index (χ0v) is 18.4. The summed E-state index contributed by atoms with van der Waals surface area (Å²) < 4.78 is 5.51. The number of benzene rings is 1. The van der Waals surface area contributed by atoms with Crippen molar-refractivity contribution in [3.05, 3.63) is 58.4 Å². The van der Waals surface area contributed by atoms with Crippen molar-refractivity contribution in [3.63, 3.8) is 0 Å². The third-order valence-corrected chi connectivity index (χ3v) is 6.34. The highest BCUT2D eigenvalue weighted by molar-refractivity contribution is 7.20. The lowest BCUT2D eigenvalue weighted by Crippen LogP contribution is -2.48. The lowest BCUT2D eigenvalue weighted by molar-refractivity contribution is 0.0626. The minimum absolute atomic E-state index is 0. The van der Waals surface area contributed by atoms with Crippen LogP contribution in [0.5, 0.6) is 5.75 Å². The van der Waals surface area contributed by atoms with E-state index in [1.165, 1.54) is 11.3 Å². The molecule has 2 aromatic heterocycles. The van der Waals surface area contributed by atoms with Crippen LogP contribution in [0.15, 0.2) is 47.2 Å². The summed E-state index contributed by atoms with van der Waals surface area (Å²) in [6.45, 7) is 2.13. The summed E-state index contributed by atoms with van der Waals surface area (Å²) in [6.07, 6.45) is 0. The van der Waals surface area contributed by atoms with Gasteiger partial charge in [0.15, 0.2) is 0 Å². The molecule has 3 heterocycles. The first-order valence-corrected chi connectivity index (χ1v) is 10.2. The highest BCUT2D eigenvalue weighted by Gasteiger charge is 2.31. The summed E-state index contributed by atoms with van der Waals surface area (Å²) in [4.78, 5) is 20.8. The molecule has 1 fully saturated rings. The number of halogens is 2.